The SMILES string of the molecule is NS(=O)(=O)c1ccccc1C1(Br)CCNCC1. The molecule has 0 saturated carbocycles. The lowest BCUT2D eigenvalue weighted by Gasteiger charge is -2.33. The number of rotatable bonds is 2. The van der Waals surface area contributed by atoms with Gasteiger partial charge in [0.05, 0.1) is 9.22 Å². The van der Waals surface area contributed by atoms with E-state index in [0.717, 1.165) is 31.5 Å². The van der Waals surface area contributed by atoms with Crippen molar-refractivity contribution in [1.29, 1.82) is 0 Å². The summed E-state index contributed by atoms with van der Waals surface area (Å²) in [4.78, 5) is 0.221. The molecule has 3 N–H and O–H groups in total. The second kappa shape index (κ2) is 4.68. The molecule has 4 nitrogen and oxygen atoms in total. The molecule has 2 rings (SSSR count). The molecule has 1 heterocycles. The van der Waals surface area contributed by atoms with Gasteiger partial charge in [-0.25, -0.2) is 13.6 Å². The zero-order valence-electron chi connectivity index (χ0n) is 9.32. The monoisotopic (exact) mass is 318 g/mol. The largest absolute Gasteiger partial charge is 0.317 e. The minimum atomic E-state index is -3.67. The van der Waals surface area contributed by atoms with Crippen LogP contribution in [-0.2, 0) is 14.3 Å². The number of primary sulfonamides is 1. The van der Waals surface area contributed by atoms with Gasteiger partial charge in [-0.15, -0.1) is 0 Å². The molecule has 1 aliphatic heterocycles. The van der Waals surface area contributed by atoms with Gasteiger partial charge in [-0.05, 0) is 37.6 Å². The van der Waals surface area contributed by atoms with Crippen LogP contribution in [0.3, 0.4) is 0 Å². The smallest absolute Gasteiger partial charge is 0.238 e. The molecular weight excluding hydrogens is 304 g/mol. The Bertz CT molecular complexity index is 510. The molecule has 0 bridgehead atoms. The predicted molar refractivity (Wildman–Crippen MR) is 70.5 cm³/mol. The maximum atomic E-state index is 11.6. The van der Waals surface area contributed by atoms with Gasteiger partial charge in [0.1, 0.15) is 0 Å². The van der Waals surface area contributed by atoms with E-state index in [4.69, 9.17) is 5.14 Å². The molecule has 1 saturated heterocycles. The van der Waals surface area contributed by atoms with Gasteiger partial charge in [0, 0.05) is 0 Å². The topological polar surface area (TPSA) is 72.2 Å². The molecule has 0 unspecified atom stereocenters. The van der Waals surface area contributed by atoms with Gasteiger partial charge in [0.25, 0.3) is 0 Å². The molecule has 1 fully saturated rings. The van der Waals surface area contributed by atoms with Gasteiger partial charge in [-0.3, -0.25) is 0 Å². The molecule has 17 heavy (non-hydrogen) atoms. The fourth-order valence-corrected chi connectivity index (χ4v) is 3.89. The first kappa shape index (κ1) is 13.0. The zero-order valence-corrected chi connectivity index (χ0v) is 11.7. The van der Waals surface area contributed by atoms with Gasteiger partial charge >= 0.3 is 0 Å². The average molecular weight is 319 g/mol. The zero-order chi connectivity index (χ0) is 12.5. The number of alkyl halides is 1. The van der Waals surface area contributed by atoms with E-state index in [2.05, 4.69) is 21.2 Å². The first-order chi connectivity index (χ1) is 7.93. The summed E-state index contributed by atoms with van der Waals surface area (Å²) in [5.74, 6) is 0. The predicted octanol–water partition coefficient (Wildman–Crippen LogP) is 1.31. The first-order valence-corrected chi connectivity index (χ1v) is 7.79. The van der Waals surface area contributed by atoms with Crippen LogP contribution in [0.1, 0.15) is 18.4 Å². The van der Waals surface area contributed by atoms with Crippen LogP contribution in [0.5, 0.6) is 0 Å². The third-order valence-corrected chi connectivity index (χ3v) is 5.26. The van der Waals surface area contributed by atoms with Crippen molar-refractivity contribution < 1.29 is 8.42 Å². The van der Waals surface area contributed by atoms with E-state index in [1.165, 1.54) is 0 Å². The highest BCUT2D eigenvalue weighted by Gasteiger charge is 2.34. The van der Waals surface area contributed by atoms with Gasteiger partial charge in [-0.2, -0.15) is 0 Å². The Labute approximate surface area is 110 Å². The van der Waals surface area contributed by atoms with E-state index in [0.29, 0.717) is 0 Å². The standard InChI is InChI=1S/C11H15BrN2O2S/c12-11(5-7-14-8-6-11)9-3-1-2-4-10(9)17(13,15)16/h1-4,14H,5-8H2,(H2,13,15,16). The minimum absolute atomic E-state index is 0.221. The first-order valence-electron chi connectivity index (χ1n) is 5.45. The van der Waals surface area contributed by atoms with Crippen LogP contribution in [0.25, 0.3) is 0 Å². The normalized spacial score (nSPS) is 20.1. The number of nitrogens with one attached hydrogen (secondary N) is 1. The summed E-state index contributed by atoms with van der Waals surface area (Å²) >= 11 is 3.69. The van der Waals surface area contributed by atoms with Crippen LogP contribution in [0.2, 0.25) is 0 Å². The Balaban J connectivity index is 2.51. The van der Waals surface area contributed by atoms with Gasteiger partial charge in [0.15, 0.2) is 0 Å². The van der Waals surface area contributed by atoms with Gasteiger partial charge in [0.2, 0.25) is 10.0 Å². The summed E-state index contributed by atoms with van der Waals surface area (Å²) in [5.41, 5.74) is 0.768. The maximum absolute atomic E-state index is 11.6. The highest BCUT2D eigenvalue weighted by Crippen LogP contribution is 2.42. The Morgan fingerprint density at radius 3 is 2.41 bits per heavy atom. The molecule has 1 aromatic carbocycles. The van der Waals surface area contributed by atoms with Gasteiger partial charge < -0.3 is 5.32 Å². The third-order valence-electron chi connectivity index (χ3n) is 3.07. The van der Waals surface area contributed by atoms with Crippen molar-refractivity contribution in [3.05, 3.63) is 29.8 Å². The Kier molecular flexibility index (Phi) is 3.58. The van der Waals surface area contributed by atoms with Crippen molar-refractivity contribution in [3.8, 4) is 0 Å². The van der Waals surface area contributed by atoms with E-state index in [1.807, 2.05) is 12.1 Å². The lowest BCUT2D eigenvalue weighted by atomic mass is 9.90. The molecule has 0 aliphatic carbocycles. The molecule has 1 aromatic rings. The lowest BCUT2D eigenvalue weighted by molar-refractivity contribution is 0.427. The fraction of sp³-hybridized carbons (Fsp3) is 0.455. The molecule has 0 radical (unpaired) electrons. The number of piperidine rings is 1. The number of sulfonamides is 1. The van der Waals surface area contributed by atoms with Crippen LogP contribution in [0, 0.1) is 0 Å². The van der Waals surface area contributed by atoms with E-state index < -0.39 is 10.0 Å². The van der Waals surface area contributed by atoms with Gasteiger partial charge in [-0.1, -0.05) is 34.1 Å². The summed E-state index contributed by atoms with van der Waals surface area (Å²) < 4.78 is 22.9. The van der Waals surface area contributed by atoms with Crippen molar-refractivity contribution in [2.24, 2.45) is 5.14 Å². The quantitative estimate of drug-likeness (QED) is 0.807. The molecule has 0 atom stereocenters. The highest BCUT2D eigenvalue weighted by molar-refractivity contribution is 9.09. The number of hydrogen-bond donors (Lipinski definition) is 2. The molecule has 0 spiro atoms. The van der Waals surface area contributed by atoms with Crippen LogP contribution in [0.4, 0.5) is 0 Å². The number of halogens is 1. The van der Waals surface area contributed by atoms with Crippen molar-refractivity contribution >= 4 is 26.0 Å². The van der Waals surface area contributed by atoms with Crippen LogP contribution < -0.4 is 10.5 Å². The molecule has 0 aromatic heterocycles. The van der Waals surface area contributed by atoms with Crippen molar-refractivity contribution in [1.82, 2.24) is 5.32 Å². The Morgan fingerprint density at radius 2 is 1.82 bits per heavy atom. The van der Waals surface area contributed by atoms with Crippen molar-refractivity contribution in [2.45, 2.75) is 22.1 Å². The molecule has 94 valence electrons. The summed E-state index contributed by atoms with van der Waals surface area (Å²) in [7, 11) is -3.67. The van der Waals surface area contributed by atoms with Crippen LogP contribution in [-0.4, -0.2) is 21.5 Å². The molecular formula is C11H15BrN2O2S. The van der Waals surface area contributed by atoms with Crippen LogP contribution in [0.15, 0.2) is 29.2 Å². The highest BCUT2D eigenvalue weighted by atomic mass is 79.9. The number of benzene rings is 1. The van der Waals surface area contributed by atoms with E-state index in [-0.39, 0.29) is 9.22 Å². The summed E-state index contributed by atoms with van der Waals surface area (Å²) in [5, 5.41) is 8.52. The fourth-order valence-electron chi connectivity index (χ4n) is 2.18. The minimum Gasteiger partial charge on any atom is -0.317 e. The Morgan fingerprint density at radius 1 is 1.24 bits per heavy atom. The Hall–Kier alpha value is -0.430. The summed E-state index contributed by atoms with van der Waals surface area (Å²) in [6.07, 6.45) is 1.69. The summed E-state index contributed by atoms with van der Waals surface area (Å²) in [6.45, 7) is 1.73. The lowest BCUT2D eigenvalue weighted by Crippen LogP contribution is -2.36. The summed E-state index contributed by atoms with van der Waals surface area (Å²) in [6, 6.07) is 6.94. The van der Waals surface area contributed by atoms with Crippen LogP contribution >= 0.6 is 15.9 Å². The van der Waals surface area contributed by atoms with E-state index in [9.17, 15) is 8.42 Å². The third kappa shape index (κ3) is 2.70. The molecule has 6 heteroatoms. The number of nitrogens with two attached hydrogens (primary N) is 1. The molecule has 0 amide bonds. The second-order valence-electron chi connectivity index (χ2n) is 4.26. The van der Waals surface area contributed by atoms with E-state index >= 15 is 0 Å². The average Bonchev–Trinajstić information content (AvgIpc) is 2.29. The van der Waals surface area contributed by atoms with Crippen molar-refractivity contribution in [2.75, 3.05) is 13.1 Å². The maximum Gasteiger partial charge on any atom is 0.238 e. The number of hydrogen-bond acceptors (Lipinski definition) is 3. The van der Waals surface area contributed by atoms with E-state index in [1.54, 1.807) is 12.1 Å². The molecule has 1 aliphatic rings. The second-order valence-corrected chi connectivity index (χ2v) is 7.30. The van der Waals surface area contributed by atoms with Crippen molar-refractivity contribution in [3.63, 3.8) is 0 Å².